The molecule has 0 aliphatic rings. The van der Waals surface area contributed by atoms with Gasteiger partial charge in [0.15, 0.2) is 0 Å². The van der Waals surface area contributed by atoms with Gasteiger partial charge in [-0.15, -0.1) is 0 Å². The maximum atomic E-state index is 13.4. The number of aliphatic carboxylic acids is 1. The minimum Gasteiger partial charge on any atom is -0.508 e. The number of aliphatic hydroxyl groups excluding tert-OH is 1. The van der Waals surface area contributed by atoms with E-state index in [2.05, 4.69) is 16.0 Å². The highest BCUT2D eigenvalue weighted by molar-refractivity contribution is 5.94. The second-order valence-electron chi connectivity index (χ2n) is 10.0. The lowest BCUT2D eigenvalue weighted by Crippen LogP contribution is -2.60. The van der Waals surface area contributed by atoms with Crippen molar-refractivity contribution in [2.45, 2.75) is 56.5 Å². The molecule has 0 heterocycles. The van der Waals surface area contributed by atoms with Crippen molar-refractivity contribution in [3.63, 3.8) is 0 Å². The Hall–Kier alpha value is -4.74. The molecule has 11 nitrogen and oxygen atoms in total. The third-order valence-corrected chi connectivity index (χ3v) is 6.60. The number of phenols is 1. The van der Waals surface area contributed by atoms with Crippen LogP contribution in [0.5, 0.6) is 5.75 Å². The number of rotatable bonds is 14. The fourth-order valence-electron chi connectivity index (χ4n) is 4.29. The Morgan fingerprint density at radius 2 is 1.14 bits per heavy atom. The van der Waals surface area contributed by atoms with Crippen LogP contribution in [-0.2, 0) is 38.4 Å². The smallest absolute Gasteiger partial charge is 0.326 e. The molecule has 11 heteroatoms. The van der Waals surface area contributed by atoms with Crippen molar-refractivity contribution < 1.29 is 34.5 Å². The number of amides is 3. The van der Waals surface area contributed by atoms with Crippen LogP contribution >= 0.6 is 0 Å². The normalized spacial score (nSPS) is 14.5. The molecule has 0 radical (unpaired) electrons. The van der Waals surface area contributed by atoms with Crippen molar-refractivity contribution in [1.29, 1.82) is 0 Å². The van der Waals surface area contributed by atoms with Crippen LogP contribution in [0.25, 0.3) is 0 Å². The molecule has 42 heavy (non-hydrogen) atoms. The number of aromatic hydroxyl groups is 1. The van der Waals surface area contributed by atoms with Gasteiger partial charge in [0.1, 0.15) is 23.9 Å². The fraction of sp³-hybridized carbons (Fsp3) is 0.290. The molecule has 8 N–H and O–H groups in total. The van der Waals surface area contributed by atoms with Crippen LogP contribution in [0.4, 0.5) is 0 Å². The van der Waals surface area contributed by atoms with Crippen molar-refractivity contribution >= 4 is 23.7 Å². The molecule has 3 rings (SSSR count). The van der Waals surface area contributed by atoms with Crippen LogP contribution in [0.15, 0.2) is 84.9 Å². The Labute approximate surface area is 243 Å². The fourth-order valence-corrected chi connectivity index (χ4v) is 4.29. The van der Waals surface area contributed by atoms with Gasteiger partial charge >= 0.3 is 5.97 Å². The first-order valence-electron chi connectivity index (χ1n) is 13.5. The van der Waals surface area contributed by atoms with Gasteiger partial charge in [-0.2, -0.15) is 0 Å². The average Bonchev–Trinajstić information content (AvgIpc) is 2.97. The van der Waals surface area contributed by atoms with Crippen LogP contribution in [0, 0.1) is 0 Å². The predicted molar refractivity (Wildman–Crippen MR) is 155 cm³/mol. The monoisotopic (exact) mass is 576 g/mol. The van der Waals surface area contributed by atoms with E-state index in [4.69, 9.17) is 5.73 Å². The highest BCUT2D eigenvalue weighted by Crippen LogP contribution is 2.12. The number of hydrogen-bond donors (Lipinski definition) is 7. The predicted octanol–water partition coefficient (Wildman–Crippen LogP) is 0.667. The van der Waals surface area contributed by atoms with E-state index in [1.165, 1.54) is 19.1 Å². The summed E-state index contributed by atoms with van der Waals surface area (Å²) in [5.41, 5.74) is 8.10. The molecule has 0 aliphatic heterocycles. The van der Waals surface area contributed by atoms with Crippen LogP contribution in [0.1, 0.15) is 23.6 Å². The summed E-state index contributed by atoms with van der Waals surface area (Å²) in [5.74, 6) is -3.47. The van der Waals surface area contributed by atoms with Crippen molar-refractivity contribution in [3.8, 4) is 5.75 Å². The maximum absolute atomic E-state index is 13.4. The molecule has 3 aromatic rings. The Kier molecular flexibility index (Phi) is 11.6. The molecular formula is C31H36N4O7. The molecule has 0 bridgehead atoms. The van der Waals surface area contributed by atoms with Crippen molar-refractivity contribution in [3.05, 3.63) is 102 Å². The molecule has 3 aromatic carbocycles. The minimum absolute atomic E-state index is 0.0247. The van der Waals surface area contributed by atoms with E-state index in [1.54, 1.807) is 72.8 Å². The first kappa shape index (κ1) is 31.8. The first-order valence-corrected chi connectivity index (χ1v) is 13.5. The molecule has 0 saturated carbocycles. The zero-order valence-electron chi connectivity index (χ0n) is 23.1. The SMILES string of the molecule is CC(O)C(NC(=O)C(N)Cc1ccc(O)cc1)C(=O)NC(Cc1ccccc1)C(=O)NC(Cc1ccccc1)C(=O)O. The third-order valence-electron chi connectivity index (χ3n) is 6.60. The van der Waals surface area contributed by atoms with Crippen LogP contribution in [0.3, 0.4) is 0 Å². The summed E-state index contributed by atoms with van der Waals surface area (Å²) in [6.45, 7) is 1.31. The van der Waals surface area contributed by atoms with Gasteiger partial charge in [0, 0.05) is 12.8 Å². The number of carboxylic acids is 1. The Morgan fingerprint density at radius 3 is 1.64 bits per heavy atom. The van der Waals surface area contributed by atoms with E-state index in [9.17, 15) is 34.5 Å². The zero-order chi connectivity index (χ0) is 30.6. The van der Waals surface area contributed by atoms with E-state index >= 15 is 0 Å². The quantitative estimate of drug-likeness (QED) is 0.146. The van der Waals surface area contributed by atoms with Crippen LogP contribution in [-0.4, -0.2) is 69.3 Å². The first-order chi connectivity index (χ1) is 20.0. The summed E-state index contributed by atoms with van der Waals surface area (Å²) >= 11 is 0. The Bertz CT molecular complexity index is 1330. The topological polar surface area (TPSA) is 191 Å². The minimum atomic E-state index is -1.45. The largest absolute Gasteiger partial charge is 0.508 e. The number of carboxylic acid groups (broad SMARTS) is 1. The average molecular weight is 577 g/mol. The molecule has 5 unspecified atom stereocenters. The molecule has 0 aliphatic carbocycles. The molecular weight excluding hydrogens is 540 g/mol. The number of phenolic OH excluding ortho intramolecular Hbond substituents is 1. The number of aliphatic hydroxyl groups is 1. The van der Waals surface area contributed by atoms with Gasteiger partial charge in [0.2, 0.25) is 17.7 Å². The van der Waals surface area contributed by atoms with Gasteiger partial charge in [-0.1, -0.05) is 72.8 Å². The van der Waals surface area contributed by atoms with Crippen molar-refractivity contribution in [2.75, 3.05) is 0 Å². The maximum Gasteiger partial charge on any atom is 0.326 e. The molecule has 5 atom stereocenters. The highest BCUT2D eigenvalue weighted by atomic mass is 16.4. The van der Waals surface area contributed by atoms with Gasteiger partial charge in [0.05, 0.1) is 12.1 Å². The number of carbonyl (C=O) groups excluding carboxylic acids is 3. The summed E-state index contributed by atoms with van der Waals surface area (Å²) in [6, 6.07) is 18.7. The van der Waals surface area contributed by atoms with E-state index < -0.39 is 54.0 Å². The van der Waals surface area contributed by atoms with Crippen molar-refractivity contribution in [2.24, 2.45) is 5.73 Å². The molecule has 3 amide bonds. The molecule has 0 spiro atoms. The summed E-state index contributed by atoms with van der Waals surface area (Å²) < 4.78 is 0. The Balaban J connectivity index is 1.74. The lowest BCUT2D eigenvalue weighted by molar-refractivity contribution is -0.142. The molecule has 222 valence electrons. The lowest BCUT2D eigenvalue weighted by Gasteiger charge is -2.26. The second-order valence-corrected chi connectivity index (χ2v) is 10.0. The van der Waals surface area contributed by atoms with E-state index in [-0.39, 0.29) is 25.0 Å². The summed E-state index contributed by atoms with van der Waals surface area (Å²) in [4.78, 5) is 51.4. The molecule has 0 saturated heterocycles. The number of hydrogen-bond acceptors (Lipinski definition) is 7. The van der Waals surface area contributed by atoms with Crippen molar-refractivity contribution in [1.82, 2.24) is 16.0 Å². The van der Waals surface area contributed by atoms with Gasteiger partial charge < -0.3 is 37.0 Å². The third kappa shape index (κ3) is 9.72. The van der Waals surface area contributed by atoms with E-state index in [0.29, 0.717) is 16.7 Å². The van der Waals surface area contributed by atoms with Gasteiger partial charge in [0.25, 0.3) is 0 Å². The van der Waals surface area contributed by atoms with Gasteiger partial charge in [-0.05, 0) is 42.2 Å². The van der Waals surface area contributed by atoms with Crippen LogP contribution in [0.2, 0.25) is 0 Å². The molecule has 0 fully saturated rings. The summed E-state index contributed by atoms with van der Waals surface area (Å²) in [6.07, 6.45) is -1.19. The van der Waals surface area contributed by atoms with E-state index in [1.807, 2.05) is 0 Å². The Morgan fingerprint density at radius 1 is 0.667 bits per heavy atom. The zero-order valence-corrected chi connectivity index (χ0v) is 23.1. The molecule has 0 aromatic heterocycles. The van der Waals surface area contributed by atoms with Crippen LogP contribution < -0.4 is 21.7 Å². The second kappa shape index (κ2) is 15.3. The number of benzene rings is 3. The highest BCUT2D eigenvalue weighted by Gasteiger charge is 2.32. The summed E-state index contributed by atoms with van der Waals surface area (Å²) in [7, 11) is 0. The number of nitrogens with two attached hydrogens (primary N) is 1. The summed E-state index contributed by atoms with van der Waals surface area (Å²) in [5, 5.41) is 37.1. The standard InChI is InChI=1S/C31H36N4O7/c1-19(36)27(35-28(38)24(32)16-22-12-14-23(37)15-13-22)30(40)33-25(17-20-8-4-2-5-9-20)29(39)34-26(31(41)42)18-21-10-6-3-7-11-21/h2-15,19,24-27,36-37H,16-18,32H2,1H3,(H,33,40)(H,34,39)(H,35,38)(H,41,42). The van der Waals surface area contributed by atoms with Gasteiger partial charge in [-0.3, -0.25) is 14.4 Å². The van der Waals surface area contributed by atoms with E-state index in [0.717, 1.165) is 0 Å². The number of carbonyl (C=O) groups is 4. The number of nitrogens with one attached hydrogen (secondary N) is 3. The lowest BCUT2D eigenvalue weighted by atomic mass is 10.0. The van der Waals surface area contributed by atoms with Gasteiger partial charge in [-0.25, -0.2) is 4.79 Å².